The van der Waals surface area contributed by atoms with Gasteiger partial charge in [0.2, 0.25) is 5.95 Å². The van der Waals surface area contributed by atoms with Crippen molar-refractivity contribution in [3.63, 3.8) is 0 Å². The Balaban J connectivity index is 1.65. The van der Waals surface area contributed by atoms with E-state index >= 15 is 0 Å². The topological polar surface area (TPSA) is 105 Å². The standard InChI is InChI=1S/C20H12FN7O/c21-14-4-2-1-3-13(14)10-27-18-16(25-20(27)29)9-23-19(26-18)28-11-24-15-7-12(8-22)5-6-17(15)28/h1-7,9,11H,10H2,(H,25,29). The number of nitrogens with zero attached hydrogens (tertiary/aromatic N) is 6. The first kappa shape index (κ1) is 16.8. The summed E-state index contributed by atoms with van der Waals surface area (Å²) in [6.07, 6.45) is 3.06. The quantitative estimate of drug-likeness (QED) is 0.514. The van der Waals surface area contributed by atoms with Gasteiger partial charge in [0.05, 0.1) is 35.4 Å². The van der Waals surface area contributed by atoms with Gasteiger partial charge in [0, 0.05) is 5.56 Å². The number of halogens is 1. The van der Waals surface area contributed by atoms with Crippen LogP contribution in [0, 0.1) is 17.1 Å². The molecular formula is C20H12FN7O. The van der Waals surface area contributed by atoms with Crippen LogP contribution in [0.15, 0.2) is 59.8 Å². The van der Waals surface area contributed by atoms with Gasteiger partial charge in [-0.3, -0.25) is 9.13 Å². The van der Waals surface area contributed by atoms with E-state index in [0.717, 1.165) is 5.52 Å². The number of H-pyrrole nitrogens is 1. The monoisotopic (exact) mass is 385 g/mol. The van der Waals surface area contributed by atoms with Crippen molar-refractivity contribution < 1.29 is 4.39 Å². The number of fused-ring (bicyclic) bond motifs is 2. The summed E-state index contributed by atoms with van der Waals surface area (Å²) in [5, 5.41) is 9.04. The molecule has 0 fully saturated rings. The van der Waals surface area contributed by atoms with Gasteiger partial charge >= 0.3 is 5.69 Å². The zero-order chi connectivity index (χ0) is 20.0. The number of benzene rings is 2. The highest BCUT2D eigenvalue weighted by Crippen LogP contribution is 2.19. The van der Waals surface area contributed by atoms with Gasteiger partial charge in [-0.1, -0.05) is 18.2 Å². The molecule has 0 radical (unpaired) electrons. The lowest BCUT2D eigenvalue weighted by Gasteiger charge is -2.06. The van der Waals surface area contributed by atoms with Crippen LogP contribution in [0.5, 0.6) is 0 Å². The van der Waals surface area contributed by atoms with Gasteiger partial charge in [0.25, 0.3) is 0 Å². The first-order valence-corrected chi connectivity index (χ1v) is 8.70. The van der Waals surface area contributed by atoms with E-state index in [1.807, 2.05) is 0 Å². The molecule has 8 nitrogen and oxygen atoms in total. The Bertz CT molecular complexity index is 1490. The van der Waals surface area contributed by atoms with Crippen LogP contribution in [0.2, 0.25) is 0 Å². The summed E-state index contributed by atoms with van der Waals surface area (Å²) in [4.78, 5) is 28.2. The third-order valence-corrected chi connectivity index (χ3v) is 4.68. The fraction of sp³-hybridized carbons (Fsp3) is 0.0500. The van der Waals surface area contributed by atoms with E-state index in [2.05, 4.69) is 26.0 Å². The number of imidazole rings is 2. The van der Waals surface area contributed by atoms with Crippen molar-refractivity contribution in [3.8, 4) is 12.0 Å². The minimum atomic E-state index is -0.399. The average Bonchev–Trinajstić information content (AvgIpc) is 3.29. The summed E-state index contributed by atoms with van der Waals surface area (Å²) < 4.78 is 17.1. The lowest BCUT2D eigenvalue weighted by molar-refractivity contribution is 0.598. The molecule has 0 saturated carbocycles. The molecule has 3 heterocycles. The Labute approximate surface area is 162 Å². The maximum Gasteiger partial charge on any atom is 0.328 e. The minimum Gasteiger partial charge on any atom is -0.303 e. The van der Waals surface area contributed by atoms with Crippen molar-refractivity contribution in [2.75, 3.05) is 0 Å². The van der Waals surface area contributed by atoms with Gasteiger partial charge in [-0.2, -0.15) is 10.2 Å². The highest BCUT2D eigenvalue weighted by atomic mass is 19.1. The van der Waals surface area contributed by atoms with Crippen LogP contribution in [0.3, 0.4) is 0 Å². The molecule has 0 bridgehead atoms. The van der Waals surface area contributed by atoms with E-state index in [4.69, 9.17) is 5.26 Å². The van der Waals surface area contributed by atoms with Gasteiger partial charge in [-0.25, -0.2) is 19.2 Å². The van der Waals surface area contributed by atoms with E-state index < -0.39 is 11.5 Å². The summed E-state index contributed by atoms with van der Waals surface area (Å²) in [7, 11) is 0. The number of nitrogens with one attached hydrogen (secondary N) is 1. The molecule has 1 N–H and O–H groups in total. The molecule has 0 saturated heterocycles. The molecule has 0 unspecified atom stereocenters. The van der Waals surface area contributed by atoms with E-state index in [9.17, 15) is 9.18 Å². The van der Waals surface area contributed by atoms with Gasteiger partial charge in [0.1, 0.15) is 17.7 Å². The maximum absolute atomic E-state index is 14.1. The molecular weight excluding hydrogens is 373 g/mol. The van der Waals surface area contributed by atoms with Crippen molar-refractivity contribution in [1.29, 1.82) is 5.26 Å². The first-order chi connectivity index (χ1) is 14.1. The Hall–Kier alpha value is -4.32. The molecule has 0 atom stereocenters. The fourth-order valence-electron chi connectivity index (χ4n) is 3.24. The Kier molecular flexibility index (Phi) is 3.70. The van der Waals surface area contributed by atoms with Crippen LogP contribution in [-0.2, 0) is 6.54 Å². The molecule has 3 aromatic heterocycles. The highest BCUT2D eigenvalue weighted by Gasteiger charge is 2.14. The molecule has 2 aromatic carbocycles. The summed E-state index contributed by atoms with van der Waals surface area (Å²) in [6.45, 7) is 0.0398. The summed E-state index contributed by atoms with van der Waals surface area (Å²) in [5.74, 6) is -0.0806. The predicted octanol–water partition coefficient (Wildman–Crippen LogP) is 2.52. The molecule has 0 amide bonds. The Morgan fingerprint density at radius 3 is 2.86 bits per heavy atom. The third-order valence-electron chi connectivity index (χ3n) is 4.68. The van der Waals surface area contributed by atoms with Crippen molar-refractivity contribution in [3.05, 3.63) is 82.4 Å². The number of nitriles is 1. The lowest BCUT2D eigenvalue weighted by Crippen LogP contribution is -2.18. The van der Waals surface area contributed by atoms with E-state index in [-0.39, 0.29) is 6.54 Å². The van der Waals surface area contributed by atoms with Crippen LogP contribution in [0.25, 0.3) is 28.1 Å². The molecule has 0 aliphatic rings. The number of aromatic nitrogens is 6. The predicted molar refractivity (Wildman–Crippen MR) is 103 cm³/mol. The van der Waals surface area contributed by atoms with E-state index in [1.165, 1.54) is 16.8 Å². The van der Waals surface area contributed by atoms with Crippen LogP contribution in [0.1, 0.15) is 11.1 Å². The lowest BCUT2D eigenvalue weighted by atomic mass is 10.2. The van der Waals surface area contributed by atoms with Crippen LogP contribution in [0.4, 0.5) is 4.39 Å². The van der Waals surface area contributed by atoms with Gasteiger partial charge in [-0.15, -0.1) is 0 Å². The van der Waals surface area contributed by atoms with Crippen molar-refractivity contribution >= 4 is 22.2 Å². The number of hydrogen-bond acceptors (Lipinski definition) is 5. The van der Waals surface area contributed by atoms with Gasteiger partial charge < -0.3 is 4.98 Å². The average molecular weight is 385 g/mol. The number of rotatable bonds is 3. The molecule has 5 rings (SSSR count). The highest BCUT2D eigenvalue weighted by molar-refractivity contribution is 5.79. The molecule has 140 valence electrons. The molecule has 9 heteroatoms. The first-order valence-electron chi connectivity index (χ1n) is 8.70. The fourth-order valence-corrected chi connectivity index (χ4v) is 3.24. The largest absolute Gasteiger partial charge is 0.328 e. The minimum absolute atomic E-state index is 0.0398. The van der Waals surface area contributed by atoms with E-state index in [1.54, 1.807) is 47.3 Å². The smallest absolute Gasteiger partial charge is 0.303 e. The zero-order valence-corrected chi connectivity index (χ0v) is 14.9. The normalized spacial score (nSPS) is 11.2. The molecule has 0 aliphatic carbocycles. The molecule has 29 heavy (non-hydrogen) atoms. The summed E-state index contributed by atoms with van der Waals surface area (Å²) >= 11 is 0. The molecule has 0 spiro atoms. The van der Waals surface area contributed by atoms with Crippen molar-refractivity contribution in [2.45, 2.75) is 6.54 Å². The van der Waals surface area contributed by atoms with E-state index in [0.29, 0.717) is 33.8 Å². The second-order valence-corrected chi connectivity index (χ2v) is 6.44. The van der Waals surface area contributed by atoms with Crippen molar-refractivity contribution in [2.24, 2.45) is 0 Å². The number of hydrogen-bond donors (Lipinski definition) is 1. The SMILES string of the molecule is N#Cc1ccc2c(c1)ncn2-c1ncc2[nH]c(=O)n(Cc3ccccc3F)c2n1. The van der Waals surface area contributed by atoms with Crippen LogP contribution in [-0.4, -0.2) is 29.1 Å². The summed E-state index contributed by atoms with van der Waals surface area (Å²) in [6, 6.07) is 13.5. The maximum atomic E-state index is 14.1. The van der Waals surface area contributed by atoms with Crippen LogP contribution >= 0.6 is 0 Å². The van der Waals surface area contributed by atoms with Crippen molar-refractivity contribution in [1.82, 2.24) is 29.1 Å². The molecule has 5 aromatic rings. The Morgan fingerprint density at radius 1 is 1.17 bits per heavy atom. The number of aromatic amines is 1. The Morgan fingerprint density at radius 2 is 2.03 bits per heavy atom. The third kappa shape index (κ3) is 2.74. The second-order valence-electron chi connectivity index (χ2n) is 6.44. The van der Waals surface area contributed by atoms with Gasteiger partial charge in [-0.05, 0) is 24.3 Å². The zero-order valence-electron chi connectivity index (χ0n) is 14.9. The molecule has 0 aliphatic heterocycles. The van der Waals surface area contributed by atoms with Crippen LogP contribution < -0.4 is 5.69 Å². The van der Waals surface area contributed by atoms with Gasteiger partial charge in [0.15, 0.2) is 5.65 Å². The summed E-state index contributed by atoms with van der Waals surface area (Å²) in [5.41, 5.74) is 2.65. The second kappa shape index (κ2) is 6.38.